The molecule has 0 fully saturated rings. The number of benzene rings is 2. The van der Waals surface area contributed by atoms with Gasteiger partial charge in [-0.1, -0.05) is 12.1 Å². The molecule has 0 atom stereocenters. The normalized spacial score (nSPS) is 14.5. The predicted molar refractivity (Wildman–Crippen MR) is 98.0 cm³/mol. The van der Waals surface area contributed by atoms with Gasteiger partial charge in [0.15, 0.2) is 5.70 Å². The van der Waals surface area contributed by atoms with Gasteiger partial charge >= 0.3 is 5.97 Å². The molecule has 2 aromatic carbocycles. The van der Waals surface area contributed by atoms with Crippen molar-refractivity contribution in [3.8, 4) is 5.75 Å². The molecule has 0 spiro atoms. The van der Waals surface area contributed by atoms with Crippen LogP contribution in [-0.4, -0.2) is 28.3 Å². The van der Waals surface area contributed by atoms with Gasteiger partial charge in [0, 0.05) is 12.1 Å². The fraction of sp³-hybridized carbons (Fsp3) is 0.111. The SMILES string of the molecule is CCOc1ccc(/C=C2\N=C(c3cc([N+](=O)[O-])cc([N+](=O)[O-])c3)OC2=O)cc1. The number of non-ortho nitro benzene ring substituents is 2. The van der Waals surface area contributed by atoms with Gasteiger partial charge in [0.05, 0.1) is 28.1 Å². The number of esters is 1. The second-order valence-corrected chi connectivity index (χ2v) is 5.59. The number of hydrogen-bond donors (Lipinski definition) is 0. The molecule has 2 aromatic rings. The Morgan fingerprint density at radius 1 is 1.07 bits per heavy atom. The van der Waals surface area contributed by atoms with Crippen LogP contribution in [0.5, 0.6) is 5.75 Å². The Morgan fingerprint density at radius 3 is 2.21 bits per heavy atom. The van der Waals surface area contributed by atoms with Crippen LogP contribution < -0.4 is 4.74 Å². The van der Waals surface area contributed by atoms with Crippen LogP contribution in [0.25, 0.3) is 6.08 Å². The lowest BCUT2D eigenvalue weighted by atomic mass is 10.1. The summed E-state index contributed by atoms with van der Waals surface area (Å²) in [6.07, 6.45) is 1.47. The summed E-state index contributed by atoms with van der Waals surface area (Å²) in [6.45, 7) is 2.38. The fourth-order valence-corrected chi connectivity index (χ4v) is 2.45. The van der Waals surface area contributed by atoms with Crippen LogP contribution in [-0.2, 0) is 9.53 Å². The van der Waals surface area contributed by atoms with Gasteiger partial charge in [-0.2, -0.15) is 0 Å². The second kappa shape index (κ2) is 7.66. The van der Waals surface area contributed by atoms with Gasteiger partial charge in [0.25, 0.3) is 11.4 Å². The molecular formula is C18H13N3O7. The van der Waals surface area contributed by atoms with E-state index in [1.54, 1.807) is 24.3 Å². The van der Waals surface area contributed by atoms with Crippen molar-refractivity contribution in [3.05, 3.63) is 79.5 Å². The Morgan fingerprint density at radius 2 is 1.68 bits per heavy atom. The van der Waals surface area contributed by atoms with E-state index in [9.17, 15) is 25.0 Å². The third kappa shape index (κ3) is 4.01. The van der Waals surface area contributed by atoms with Gasteiger partial charge < -0.3 is 9.47 Å². The highest BCUT2D eigenvalue weighted by molar-refractivity contribution is 6.13. The summed E-state index contributed by atoms with van der Waals surface area (Å²) in [7, 11) is 0. The van der Waals surface area contributed by atoms with E-state index in [2.05, 4.69) is 4.99 Å². The number of hydrogen-bond acceptors (Lipinski definition) is 8. The lowest BCUT2D eigenvalue weighted by molar-refractivity contribution is -0.394. The van der Waals surface area contributed by atoms with Gasteiger partial charge in [0.1, 0.15) is 5.75 Å². The van der Waals surface area contributed by atoms with Crippen molar-refractivity contribution < 1.29 is 24.1 Å². The molecule has 0 unspecified atom stereocenters. The van der Waals surface area contributed by atoms with Crippen LogP contribution in [0.1, 0.15) is 18.1 Å². The molecule has 1 aliphatic heterocycles. The summed E-state index contributed by atoms with van der Waals surface area (Å²) in [5.41, 5.74) is -0.429. The predicted octanol–water partition coefficient (Wildman–Crippen LogP) is 3.25. The molecule has 0 saturated heterocycles. The van der Waals surface area contributed by atoms with Crippen LogP contribution in [0.4, 0.5) is 11.4 Å². The molecule has 3 rings (SSSR count). The van der Waals surface area contributed by atoms with E-state index in [1.165, 1.54) is 6.08 Å². The highest BCUT2D eigenvalue weighted by Crippen LogP contribution is 2.26. The summed E-state index contributed by atoms with van der Waals surface area (Å²) in [5, 5.41) is 22.0. The first kappa shape index (κ1) is 18.7. The van der Waals surface area contributed by atoms with E-state index in [-0.39, 0.29) is 17.2 Å². The van der Waals surface area contributed by atoms with Crippen LogP contribution in [0, 0.1) is 20.2 Å². The first-order valence-corrected chi connectivity index (χ1v) is 8.07. The molecule has 10 nitrogen and oxygen atoms in total. The highest BCUT2D eigenvalue weighted by Gasteiger charge is 2.27. The Hall–Kier alpha value is -4.08. The molecule has 0 bridgehead atoms. The van der Waals surface area contributed by atoms with E-state index in [0.717, 1.165) is 18.2 Å². The molecule has 1 aliphatic rings. The van der Waals surface area contributed by atoms with Crippen molar-refractivity contribution in [2.24, 2.45) is 4.99 Å². The zero-order valence-corrected chi connectivity index (χ0v) is 14.5. The number of carbonyl (C=O) groups is 1. The molecule has 1 heterocycles. The largest absolute Gasteiger partial charge is 0.494 e. The average molecular weight is 383 g/mol. The highest BCUT2D eigenvalue weighted by atomic mass is 16.6. The van der Waals surface area contributed by atoms with Crippen molar-refractivity contribution in [1.82, 2.24) is 0 Å². The Labute approximate surface area is 158 Å². The summed E-state index contributed by atoms with van der Waals surface area (Å²) >= 11 is 0. The lowest BCUT2D eigenvalue weighted by Gasteiger charge is -2.02. The Kier molecular flexibility index (Phi) is 5.12. The molecule has 28 heavy (non-hydrogen) atoms. The van der Waals surface area contributed by atoms with Gasteiger partial charge in [-0.15, -0.1) is 0 Å². The van der Waals surface area contributed by atoms with Gasteiger partial charge in [-0.05, 0) is 30.7 Å². The van der Waals surface area contributed by atoms with Crippen molar-refractivity contribution in [3.63, 3.8) is 0 Å². The Bertz CT molecular complexity index is 994. The lowest BCUT2D eigenvalue weighted by Crippen LogP contribution is -2.06. The maximum Gasteiger partial charge on any atom is 0.363 e. The average Bonchev–Trinajstić information content (AvgIpc) is 3.03. The van der Waals surface area contributed by atoms with Crippen LogP contribution >= 0.6 is 0 Å². The van der Waals surface area contributed by atoms with Crippen LogP contribution in [0.3, 0.4) is 0 Å². The summed E-state index contributed by atoms with van der Waals surface area (Å²) in [4.78, 5) is 36.5. The molecule has 0 amide bonds. The number of ether oxygens (including phenoxy) is 2. The van der Waals surface area contributed by atoms with Gasteiger partial charge in [-0.3, -0.25) is 20.2 Å². The minimum Gasteiger partial charge on any atom is -0.494 e. The van der Waals surface area contributed by atoms with E-state index < -0.39 is 27.2 Å². The van der Waals surface area contributed by atoms with Gasteiger partial charge in [-0.25, -0.2) is 9.79 Å². The number of rotatable bonds is 6. The van der Waals surface area contributed by atoms with E-state index in [4.69, 9.17) is 9.47 Å². The quantitative estimate of drug-likeness (QED) is 0.323. The van der Waals surface area contributed by atoms with E-state index in [1.807, 2.05) is 6.92 Å². The third-order valence-corrected chi connectivity index (χ3v) is 3.69. The van der Waals surface area contributed by atoms with Crippen molar-refractivity contribution in [1.29, 1.82) is 0 Å². The maximum absolute atomic E-state index is 12.1. The standard InChI is InChI=1S/C18H13N3O7/c1-2-27-15-5-3-11(4-6-15)7-16-18(22)28-17(19-16)12-8-13(20(23)24)10-14(9-12)21(25)26/h3-10H,2H2,1H3/b16-7-. The van der Waals surface area contributed by atoms with E-state index >= 15 is 0 Å². The number of aliphatic imine (C=N–C) groups is 1. The first-order chi connectivity index (χ1) is 13.4. The first-order valence-electron chi connectivity index (χ1n) is 8.07. The topological polar surface area (TPSA) is 134 Å². The number of carbonyl (C=O) groups excluding carboxylic acids is 1. The van der Waals surface area contributed by atoms with Crippen LogP contribution in [0.2, 0.25) is 0 Å². The number of nitro groups is 2. The molecule has 0 radical (unpaired) electrons. The zero-order valence-electron chi connectivity index (χ0n) is 14.5. The van der Waals surface area contributed by atoms with Gasteiger partial charge in [0.2, 0.25) is 5.90 Å². The molecule has 0 saturated carbocycles. The second-order valence-electron chi connectivity index (χ2n) is 5.59. The Balaban J connectivity index is 1.95. The fourth-order valence-electron chi connectivity index (χ4n) is 2.45. The molecule has 0 aliphatic carbocycles. The minimum absolute atomic E-state index is 0.0340. The van der Waals surface area contributed by atoms with Crippen molar-refractivity contribution in [2.45, 2.75) is 6.92 Å². The third-order valence-electron chi connectivity index (χ3n) is 3.69. The smallest absolute Gasteiger partial charge is 0.363 e. The molecule has 10 heteroatoms. The minimum atomic E-state index is -0.773. The molecule has 142 valence electrons. The van der Waals surface area contributed by atoms with Crippen molar-refractivity contribution in [2.75, 3.05) is 6.61 Å². The maximum atomic E-state index is 12.1. The zero-order chi connectivity index (χ0) is 20.3. The summed E-state index contributed by atoms with van der Waals surface area (Å²) in [5.74, 6) is -0.334. The summed E-state index contributed by atoms with van der Waals surface area (Å²) < 4.78 is 10.4. The van der Waals surface area contributed by atoms with Crippen molar-refractivity contribution >= 4 is 29.3 Å². The summed E-state index contributed by atoms with van der Waals surface area (Å²) in [6, 6.07) is 9.82. The number of cyclic esters (lactones) is 1. The molecule has 0 N–H and O–H groups in total. The monoisotopic (exact) mass is 383 g/mol. The van der Waals surface area contributed by atoms with Crippen LogP contribution in [0.15, 0.2) is 53.2 Å². The number of nitro benzene ring substituents is 2. The molecular weight excluding hydrogens is 370 g/mol. The number of nitrogens with zero attached hydrogens (tertiary/aromatic N) is 3. The molecule has 0 aromatic heterocycles. The van der Waals surface area contributed by atoms with E-state index in [0.29, 0.717) is 17.9 Å².